The summed E-state index contributed by atoms with van der Waals surface area (Å²) in [6.45, 7) is 0.371. The van der Waals surface area contributed by atoms with Crippen LogP contribution in [-0.2, 0) is 6.54 Å². The molecule has 0 amide bonds. The zero-order chi connectivity index (χ0) is 18.6. The maximum Gasteiger partial charge on any atom is 0.207 e. The Bertz CT molecular complexity index is 1050. The average Bonchev–Trinajstić information content (AvgIpc) is 2.64. The molecule has 25 heavy (non-hydrogen) atoms. The van der Waals surface area contributed by atoms with Crippen LogP contribution >= 0.6 is 0 Å². The number of methoxy groups -OCH3 is 2. The highest BCUT2D eigenvalue weighted by Crippen LogP contribution is 2.56. The van der Waals surface area contributed by atoms with E-state index in [2.05, 4.69) is 0 Å². The number of benzene rings is 3. The Labute approximate surface area is 147 Å². The van der Waals surface area contributed by atoms with Crippen LogP contribution in [0, 0.1) is 0 Å². The van der Waals surface area contributed by atoms with E-state index in [1.807, 2.05) is 36.2 Å². The predicted octanol–water partition coefficient (Wildman–Crippen LogP) is 3.89. The molecule has 5 nitrogen and oxygen atoms in total. The summed E-state index contributed by atoms with van der Waals surface area (Å²) in [5.74, 6) is -0.0581. The molecule has 0 saturated carbocycles. The summed E-state index contributed by atoms with van der Waals surface area (Å²) in [6.07, 6.45) is 0. The molecule has 0 unspecified atom stereocenters. The van der Waals surface area contributed by atoms with Crippen molar-refractivity contribution in [3.8, 4) is 34.1 Å². The van der Waals surface area contributed by atoms with Gasteiger partial charge in [0.1, 0.15) is 0 Å². The molecule has 0 aliphatic carbocycles. The number of nitrogens with zero attached hydrogens (tertiary/aromatic N) is 1. The minimum atomic E-state index is -0.129. The SMILES string of the molecule is [2H]c1cc2ccccc2c2c1-c1c(O)c(OC)c(OC)c(O)c1CN2C. The third-order valence-electron chi connectivity index (χ3n) is 4.72. The lowest BCUT2D eigenvalue weighted by Crippen LogP contribution is -2.22. The summed E-state index contributed by atoms with van der Waals surface area (Å²) in [5.41, 5.74) is 2.35. The first kappa shape index (κ1) is 14.3. The Kier molecular flexibility index (Phi) is 3.13. The lowest BCUT2D eigenvalue weighted by Gasteiger charge is -2.32. The van der Waals surface area contributed by atoms with Crippen LogP contribution in [0.4, 0.5) is 5.69 Å². The van der Waals surface area contributed by atoms with Crippen LogP contribution in [0.15, 0.2) is 36.4 Å². The molecule has 5 heteroatoms. The van der Waals surface area contributed by atoms with Crippen LogP contribution in [0.25, 0.3) is 21.9 Å². The average molecular weight is 338 g/mol. The van der Waals surface area contributed by atoms with Crippen LogP contribution in [0.3, 0.4) is 0 Å². The fourth-order valence-electron chi connectivity index (χ4n) is 3.62. The third kappa shape index (κ3) is 2.02. The van der Waals surface area contributed by atoms with E-state index < -0.39 is 0 Å². The Morgan fingerprint density at radius 2 is 1.72 bits per heavy atom. The van der Waals surface area contributed by atoms with Gasteiger partial charge in [-0.2, -0.15) is 0 Å². The number of hydrogen-bond acceptors (Lipinski definition) is 5. The van der Waals surface area contributed by atoms with Crippen LogP contribution in [0.2, 0.25) is 0 Å². The zero-order valence-corrected chi connectivity index (χ0v) is 14.3. The largest absolute Gasteiger partial charge is 0.504 e. The van der Waals surface area contributed by atoms with E-state index in [0.717, 1.165) is 16.5 Å². The van der Waals surface area contributed by atoms with Gasteiger partial charge in [0.05, 0.1) is 21.3 Å². The topological polar surface area (TPSA) is 62.2 Å². The van der Waals surface area contributed by atoms with Crippen molar-refractivity contribution in [3.63, 3.8) is 0 Å². The van der Waals surface area contributed by atoms with Gasteiger partial charge in [-0.05, 0) is 5.39 Å². The van der Waals surface area contributed by atoms with E-state index in [0.29, 0.717) is 23.2 Å². The molecule has 0 aromatic heterocycles. The number of rotatable bonds is 2. The second kappa shape index (κ2) is 5.48. The smallest absolute Gasteiger partial charge is 0.207 e. The van der Waals surface area contributed by atoms with Crippen molar-refractivity contribution >= 4 is 16.5 Å². The Morgan fingerprint density at radius 1 is 1.04 bits per heavy atom. The second-order valence-electron chi connectivity index (χ2n) is 6.07. The molecule has 0 bridgehead atoms. The maximum absolute atomic E-state index is 10.9. The van der Waals surface area contributed by atoms with Crippen LogP contribution in [0.5, 0.6) is 23.0 Å². The quantitative estimate of drug-likeness (QED) is 0.694. The fraction of sp³-hybridized carbons (Fsp3) is 0.200. The van der Waals surface area contributed by atoms with Gasteiger partial charge >= 0.3 is 0 Å². The van der Waals surface area contributed by atoms with E-state index in [-0.39, 0.29) is 29.0 Å². The molecular formula is C20H19NO4. The number of phenols is 2. The predicted molar refractivity (Wildman–Crippen MR) is 97.9 cm³/mol. The summed E-state index contributed by atoms with van der Waals surface area (Å²) < 4.78 is 19.1. The molecule has 1 aliphatic heterocycles. The van der Waals surface area contributed by atoms with Gasteiger partial charge in [0.15, 0.2) is 11.5 Å². The molecule has 2 N–H and O–H groups in total. The Morgan fingerprint density at radius 3 is 2.44 bits per heavy atom. The molecule has 0 spiro atoms. The minimum Gasteiger partial charge on any atom is -0.504 e. The number of anilines is 1. The van der Waals surface area contributed by atoms with Gasteiger partial charge in [-0.15, -0.1) is 0 Å². The summed E-state index contributed by atoms with van der Waals surface area (Å²) >= 11 is 0. The molecule has 3 aromatic carbocycles. The minimum absolute atomic E-state index is 0.0619. The van der Waals surface area contributed by atoms with Gasteiger partial charge in [0.2, 0.25) is 11.5 Å². The number of ether oxygens (including phenoxy) is 2. The van der Waals surface area contributed by atoms with E-state index in [1.54, 1.807) is 6.07 Å². The molecular weight excluding hydrogens is 318 g/mol. The summed E-state index contributed by atoms with van der Waals surface area (Å²) in [4.78, 5) is 1.98. The molecule has 1 aliphatic rings. The molecule has 4 rings (SSSR count). The van der Waals surface area contributed by atoms with Crippen molar-refractivity contribution in [1.29, 1.82) is 0 Å². The van der Waals surface area contributed by atoms with Crippen molar-refractivity contribution in [1.82, 2.24) is 0 Å². The second-order valence-corrected chi connectivity index (χ2v) is 6.07. The van der Waals surface area contributed by atoms with Gasteiger partial charge in [-0.1, -0.05) is 36.4 Å². The number of aromatic hydroxyl groups is 2. The molecule has 1 heterocycles. The number of fused-ring (bicyclic) bond motifs is 5. The van der Waals surface area contributed by atoms with Gasteiger partial charge in [-0.25, -0.2) is 0 Å². The van der Waals surface area contributed by atoms with Crippen molar-refractivity contribution in [2.45, 2.75) is 6.54 Å². The lowest BCUT2D eigenvalue weighted by molar-refractivity contribution is 0.315. The van der Waals surface area contributed by atoms with Gasteiger partial charge < -0.3 is 24.6 Å². The van der Waals surface area contributed by atoms with Crippen LogP contribution in [-0.4, -0.2) is 31.5 Å². The van der Waals surface area contributed by atoms with E-state index in [1.165, 1.54) is 14.2 Å². The highest BCUT2D eigenvalue weighted by Gasteiger charge is 2.32. The van der Waals surface area contributed by atoms with E-state index >= 15 is 0 Å². The summed E-state index contributed by atoms with van der Waals surface area (Å²) in [5, 5.41) is 23.5. The van der Waals surface area contributed by atoms with Crippen molar-refractivity contribution in [2.24, 2.45) is 0 Å². The first-order valence-electron chi connectivity index (χ1n) is 8.42. The van der Waals surface area contributed by atoms with Crippen LogP contribution in [0.1, 0.15) is 6.93 Å². The van der Waals surface area contributed by atoms with E-state index in [9.17, 15) is 10.2 Å². The molecule has 3 aromatic rings. The monoisotopic (exact) mass is 338 g/mol. The molecule has 0 saturated heterocycles. The molecule has 0 atom stereocenters. The first-order chi connectivity index (χ1) is 12.5. The van der Waals surface area contributed by atoms with Crippen molar-refractivity contribution < 1.29 is 21.1 Å². The van der Waals surface area contributed by atoms with Gasteiger partial charge in [0.25, 0.3) is 0 Å². The zero-order valence-electron chi connectivity index (χ0n) is 15.3. The van der Waals surface area contributed by atoms with E-state index in [4.69, 9.17) is 10.8 Å². The lowest BCUT2D eigenvalue weighted by atomic mass is 9.89. The van der Waals surface area contributed by atoms with Crippen molar-refractivity contribution in [3.05, 3.63) is 41.9 Å². The maximum atomic E-state index is 10.9. The van der Waals surface area contributed by atoms with Crippen LogP contribution < -0.4 is 14.4 Å². The third-order valence-corrected chi connectivity index (χ3v) is 4.72. The first-order valence-corrected chi connectivity index (χ1v) is 7.92. The standard InChI is InChI=1S/C20H19NO4/c1-21-10-14-15(18(23)20(25-3)19(24-2)17(14)22)13-9-8-11-6-4-5-7-12(11)16(13)21/h4-9,22-23H,10H2,1-3H3/i9D. The van der Waals surface area contributed by atoms with Gasteiger partial charge in [0, 0.05) is 35.7 Å². The van der Waals surface area contributed by atoms with Crippen molar-refractivity contribution in [2.75, 3.05) is 26.2 Å². The molecule has 128 valence electrons. The Hall–Kier alpha value is -3.08. The summed E-state index contributed by atoms with van der Waals surface area (Å²) in [6, 6.07) is 9.87. The van der Waals surface area contributed by atoms with Gasteiger partial charge in [-0.3, -0.25) is 0 Å². The number of hydrogen-bond donors (Lipinski definition) is 2. The fourth-order valence-corrected chi connectivity index (χ4v) is 3.62. The Balaban J connectivity index is 2.18. The highest BCUT2D eigenvalue weighted by molar-refractivity contribution is 6.05. The molecule has 0 fully saturated rings. The highest BCUT2D eigenvalue weighted by atomic mass is 16.5. The molecule has 0 radical (unpaired) electrons. The number of phenolic OH excluding ortho intramolecular Hbond substituents is 2. The normalized spacial score (nSPS) is 13.2. The summed E-state index contributed by atoms with van der Waals surface area (Å²) in [7, 11) is 4.72.